The van der Waals surface area contributed by atoms with Crippen molar-refractivity contribution in [3.05, 3.63) is 23.3 Å². The van der Waals surface area contributed by atoms with Gasteiger partial charge in [0.15, 0.2) is 0 Å². The van der Waals surface area contributed by atoms with Crippen molar-refractivity contribution in [2.45, 2.75) is 32.2 Å². The summed E-state index contributed by atoms with van der Waals surface area (Å²) in [4.78, 5) is 0. The van der Waals surface area contributed by atoms with Gasteiger partial charge in [0.25, 0.3) is 0 Å². The van der Waals surface area contributed by atoms with Gasteiger partial charge in [-0.15, -0.1) is 0 Å². The van der Waals surface area contributed by atoms with E-state index in [1.807, 2.05) is 6.92 Å². The molecular formula is C14H21NO2. The molecule has 0 bridgehead atoms. The van der Waals surface area contributed by atoms with Crippen LogP contribution in [0.3, 0.4) is 0 Å². The van der Waals surface area contributed by atoms with E-state index in [9.17, 15) is 0 Å². The maximum Gasteiger partial charge on any atom is 0.124 e. The summed E-state index contributed by atoms with van der Waals surface area (Å²) in [6.45, 7) is 5.33. The summed E-state index contributed by atoms with van der Waals surface area (Å²) >= 11 is 0. The van der Waals surface area contributed by atoms with Crippen LogP contribution in [0.1, 0.15) is 30.9 Å². The molecule has 1 fully saturated rings. The Morgan fingerprint density at radius 3 is 2.41 bits per heavy atom. The van der Waals surface area contributed by atoms with E-state index in [1.165, 1.54) is 12.0 Å². The normalized spacial score (nSPS) is 23.8. The van der Waals surface area contributed by atoms with E-state index >= 15 is 0 Å². The van der Waals surface area contributed by atoms with E-state index in [2.05, 4.69) is 24.4 Å². The predicted molar refractivity (Wildman–Crippen MR) is 68.9 cm³/mol. The number of hydrogen-bond acceptors (Lipinski definition) is 3. The second-order valence-electron chi connectivity index (χ2n) is 4.88. The first-order chi connectivity index (χ1) is 8.10. The molecule has 3 nitrogen and oxygen atoms in total. The van der Waals surface area contributed by atoms with Gasteiger partial charge in [-0.1, -0.05) is 0 Å². The molecule has 1 aromatic carbocycles. The molecular weight excluding hydrogens is 214 g/mol. The van der Waals surface area contributed by atoms with Crippen molar-refractivity contribution in [1.29, 1.82) is 0 Å². The SMILES string of the molecule is COc1cc(C2(C)CCCN2)c(OC)cc1C. The van der Waals surface area contributed by atoms with E-state index in [-0.39, 0.29) is 5.54 Å². The Morgan fingerprint density at radius 1 is 1.18 bits per heavy atom. The number of aryl methyl sites for hydroxylation is 1. The molecule has 1 unspecified atom stereocenters. The molecule has 17 heavy (non-hydrogen) atoms. The molecule has 1 aromatic rings. The average Bonchev–Trinajstić information content (AvgIpc) is 2.76. The summed E-state index contributed by atoms with van der Waals surface area (Å²) in [6.07, 6.45) is 2.34. The van der Waals surface area contributed by atoms with Crippen LogP contribution >= 0.6 is 0 Å². The Labute approximate surface area is 103 Å². The molecule has 1 heterocycles. The molecule has 1 atom stereocenters. The average molecular weight is 235 g/mol. The van der Waals surface area contributed by atoms with Crippen LogP contribution in [0.4, 0.5) is 0 Å². The summed E-state index contributed by atoms with van der Waals surface area (Å²) in [5, 5.41) is 3.56. The number of ether oxygens (including phenoxy) is 2. The van der Waals surface area contributed by atoms with Crippen LogP contribution in [0, 0.1) is 6.92 Å². The van der Waals surface area contributed by atoms with Gasteiger partial charge in [0.1, 0.15) is 11.5 Å². The highest BCUT2D eigenvalue weighted by Gasteiger charge is 2.33. The summed E-state index contributed by atoms with van der Waals surface area (Å²) in [5.41, 5.74) is 2.31. The first kappa shape index (κ1) is 12.2. The van der Waals surface area contributed by atoms with Crippen molar-refractivity contribution >= 4 is 0 Å². The van der Waals surface area contributed by atoms with Gasteiger partial charge in [0.2, 0.25) is 0 Å². The summed E-state index contributed by atoms with van der Waals surface area (Å²) in [5.74, 6) is 1.87. The first-order valence-electron chi connectivity index (χ1n) is 6.09. The molecule has 3 heteroatoms. The number of methoxy groups -OCH3 is 2. The molecule has 0 saturated carbocycles. The molecule has 0 spiro atoms. The summed E-state index contributed by atoms with van der Waals surface area (Å²) in [6, 6.07) is 4.16. The van der Waals surface area contributed by atoms with Crippen LogP contribution in [0.15, 0.2) is 12.1 Å². The Bertz CT molecular complexity index is 409. The third-order valence-electron chi connectivity index (χ3n) is 3.68. The predicted octanol–water partition coefficient (Wildman–Crippen LogP) is 2.61. The van der Waals surface area contributed by atoms with Crippen molar-refractivity contribution in [2.24, 2.45) is 0 Å². The number of rotatable bonds is 3. The standard InChI is InChI=1S/C14H21NO2/c1-10-8-13(17-4)11(9-12(10)16-3)14(2)6-5-7-15-14/h8-9,15H,5-7H2,1-4H3. The van der Waals surface area contributed by atoms with Crippen LogP contribution in [-0.2, 0) is 5.54 Å². The summed E-state index contributed by atoms with van der Waals surface area (Å²) in [7, 11) is 3.44. The molecule has 0 aliphatic carbocycles. The maximum atomic E-state index is 5.51. The van der Waals surface area contributed by atoms with Crippen molar-refractivity contribution in [3.63, 3.8) is 0 Å². The minimum absolute atomic E-state index is 0.00627. The van der Waals surface area contributed by atoms with Crippen LogP contribution in [0.25, 0.3) is 0 Å². The van der Waals surface area contributed by atoms with Crippen LogP contribution in [0.5, 0.6) is 11.5 Å². The topological polar surface area (TPSA) is 30.5 Å². The van der Waals surface area contributed by atoms with Gasteiger partial charge in [-0.2, -0.15) is 0 Å². The van der Waals surface area contributed by atoms with E-state index < -0.39 is 0 Å². The first-order valence-corrected chi connectivity index (χ1v) is 6.09. The van der Waals surface area contributed by atoms with Gasteiger partial charge in [0, 0.05) is 11.1 Å². The zero-order valence-corrected chi connectivity index (χ0v) is 11.1. The van der Waals surface area contributed by atoms with Gasteiger partial charge < -0.3 is 14.8 Å². The van der Waals surface area contributed by atoms with Crippen molar-refractivity contribution in [1.82, 2.24) is 5.32 Å². The Morgan fingerprint density at radius 2 is 1.88 bits per heavy atom. The molecule has 1 aliphatic heterocycles. The monoisotopic (exact) mass is 235 g/mol. The largest absolute Gasteiger partial charge is 0.496 e. The molecule has 0 aromatic heterocycles. The minimum atomic E-state index is 0.00627. The van der Waals surface area contributed by atoms with Crippen molar-refractivity contribution in [3.8, 4) is 11.5 Å². The molecule has 0 radical (unpaired) electrons. The van der Waals surface area contributed by atoms with Gasteiger partial charge in [-0.05, 0) is 50.9 Å². The van der Waals surface area contributed by atoms with E-state index in [4.69, 9.17) is 9.47 Å². The Hall–Kier alpha value is -1.22. The fourth-order valence-corrected chi connectivity index (χ4v) is 2.61. The van der Waals surface area contributed by atoms with E-state index in [0.29, 0.717) is 0 Å². The molecule has 94 valence electrons. The second-order valence-corrected chi connectivity index (χ2v) is 4.88. The smallest absolute Gasteiger partial charge is 0.124 e. The fourth-order valence-electron chi connectivity index (χ4n) is 2.61. The number of hydrogen-bond donors (Lipinski definition) is 1. The quantitative estimate of drug-likeness (QED) is 0.873. The highest BCUT2D eigenvalue weighted by Crippen LogP contribution is 2.39. The lowest BCUT2D eigenvalue weighted by molar-refractivity contribution is 0.363. The van der Waals surface area contributed by atoms with Gasteiger partial charge in [-0.25, -0.2) is 0 Å². The molecule has 1 saturated heterocycles. The summed E-state index contributed by atoms with van der Waals surface area (Å²) < 4.78 is 10.9. The minimum Gasteiger partial charge on any atom is -0.496 e. The van der Waals surface area contributed by atoms with Gasteiger partial charge >= 0.3 is 0 Å². The number of nitrogens with one attached hydrogen (secondary N) is 1. The third-order valence-corrected chi connectivity index (χ3v) is 3.68. The fraction of sp³-hybridized carbons (Fsp3) is 0.571. The number of benzene rings is 1. The highest BCUT2D eigenvalue weighted by molar-refractivity contribution is 5.49. The molecule has 1 aliphatic rings. The van der Waals surface area contributed by atoms with Crippen molar-refractivity contribution in [2.75, 3.05) is 20.8 Å². The van der Waals surface area contributed by atoms with Crippen molar-refractivity contribution < 1.29 is 9.47 Å². The molecule has 2 rings (SSSR count). The van der Waals surface area contributed by atoms with Crippen LogP contribution in [0.2, 0.25) is 0 Å². The highest BCUT2D eigenvalue weighted by atomic mass is 16.5. The lowest BCUT2D eigenvalue weighted by Crippen LogP contribution is -2.33. The van der Waals surface area contributed by atoms with Crippen LogP contribution in [-0.4, -0.2) is 20.8 Å². The zero-order chi connectivity index (χ0) is 12.5. The lowest BCUT2D eigenvalue weighted by atomic mass is 9.89. The van der Waals surface area contributed by atoms with E-state index in [1.54, 1.807) is 14.2 Å². The van der Waals surface area contributed by atoms with E-state index in [0.717, 1.165) is 30.0 Å². The molecule has 0 amide bonds. The lowest BCUT2D eigenvalue weighted by Gasteiger charge is -2.28. The third kappa shape index (κ3) is 2.12. The maximum absolute atomic E-state index is 5.51. The zero-order valence-electron chi connectivity index (χ0n) is 11.1. The Kier molecular flexibility index (Phi) is 3.29. The Balaban J connectivity index is 2.50. The molecule has 1 N–H and O–H groups in total. The van der Waals surface area contributed by atoms with Crippen LogP contribution < -0.4 is 14.8 Å². The van der Waals surface area contributed by atoms with Gasteiger partial charge in [-0.3, -0.25) is 0 Å². The van der Waals surface area contributed by atoms with Gasteiger partial charge in [0.05, 0.1) is 14.2 Å². The second kappa shape index (κ2) is 4.57.